The number of phenolic OH excluding ortho intramolecular Hbond substituents is 1. The number of amides is 3. The summed E-state index contributed by atoms with van der Waals surface area (Å²) in [7, 11) is 0. The molecule has 0 fully saturated rings. The monoisotopic (exact) mass is 502 g/mol. The largest absolute Gasteiger partial charge is 0.508 e. The summed E-state index contributed by atoms with van der Waals surface area (Å²) in [6.45, 7) is -1.67. The number of nitrogens with two attached hydrogens (primary N) is 1. The predicted octanol–water partition coefficient (Wildman–Crippen LogP) is -1.97. The van der Waals surface area contributed by atoms with Crippen molar-refractivity contribution >= 4 is 23.7 Å². The molecule has 0 radical (unpaired) electrons. The number of hydrogen-bond donors (Lipinski definition) is 8. The maximum atomic E-state index is 12.8. The normalized spacial score (nSPS) is 14.1. The van der Waals surface area contributed by atoms with Gasteiger partial charge in [-0.05, 0) is 29.7 Å². The first-order chi connectivity index (χ1) is 17.1. The minimum Gasteiger partial charge on any atom is -0.508 e. The van der Waals surface area contributed by atoms with Crippen LogP contribution < -0.4 is 21.7 Å². The van der Waals surface area contributed by atoms with Crippen LogP contribution in [0, 0.1) is 0 Å². The van der Waals surface area contributed by atoms with Gasteiger partial charge in [-0.1, -0.05) is 42.5 Å². The van der Waals surface area contributed by atoms with Crippen molar-refractivity contribution in [2.45, 2.75) is 37.0 Å². The summed E-state index contributed by atoms with van der Waals surface area (Å²) in [6.07, 6.45) is 0.0747. The Kier molecular flexibility index (Phi) is 10.8. The summed E-state index contributed by atoms with van der Waals surface area (Å²) in [5.41, 5.74) is 7.24. The van der Waals surface area contributed by atoms with Gasteiger partial charge in [-0.3, -0.25) is 14.4 Å². The van der Waals surface area contributed by atoms with Gasteiger partial charge in [0.25, 0.3) is 0 Å². The van der Waals surface area contributed by atoms with E-state index < -0.39 is 61.1 Å². The highest BCUT2D eigenvalue weighted by molar-refractivity contribution is 5.94. The highest BCUT2D eigenvalue weighted by atomic mass is 16.4. The molecule has 0 aliphatic heterocycles. The van der Waals surface area contributed by atoms with Gasteiger partial charge in [-0.15, -0.1) is 0 Å². The van der Waals surface area contributed by atoms with Crippen LogP contribution in [0.5, 0.6) is 5.75 Å². The van der Waals surface area contributed by atoms with Gasteiger partial charge in [0.15, 0.2) is 0 Å². The number of aromatic hydroxyl groups is 1. The molecule has 12 heteroatoms. The van der Waals surface area contributed by atoms with Crippen LogP contribution in [0.4, 0.5) is 0 Å². The number of carboxylic acid groups (broad SMARTS) is 1. The van der Waals surface area contributed by atoms with Crippen LogP contribution >= 0.6 is 0 Å². The molecule has 3 amide bonds. The van der Waals surface area contributed by atoms with Crippen molar-refractivity contribution in [1.82, 2.24) is 16.0 Å². The lowest BCUT2D eigenvalue weighted by Gasteiger charge is -2.24. The van der Waals surface area contributed by atoms with Crippen molar-refractivity contribution in [1.29, 1.82) is 0 Å². The third-order valence-corrected chi connectivity index (χ3v) is 5.26. The number of aliphatic hydroxyl groups excluding tert-OH is 2. The van der Waals surface area contributed by atoms with Crippen molar-refractivity contribution in [2.24, 2.45) is 5.73 Å². The van der Waals surface area contributed by atoms with Gasteiger partial charge >= 0.3 is 5.97 Å². The Bertz CT molecular complexity index is 1030. The Morgan fingerprint density at radius 1 is 0.694 bits per heavy atom. The first kappa shape index (κ1) is 28.2. The van der Waals surface area contributed by atoms with E-state index in [9.17, 15) is 34.5 Å². The molecule has 0 saturated heterocycles. The van der Waals surface area contributed by atoms with Crippen LogP contribution in [0.25, 0.3) is 0 Å². The fraction of sp³-hybridized carbons (Fsp3) is 0.333. The predicted molar refractivity (Wildman–Crippen MR) is 128 cm³/mol. The summed E-state index contributed by atoms with van der Waals surface area (Å²) in [4.78, 5) is 49.3. The van der Waals surface area contributed by atoms with Gasteiger partial charge in [0, 0.05) is 6.42 Å². The van der Waals surface area contributed by atoms with E-state index in [-0.39, 0.29) is 18.6 Å². The molecule has 12 nitrogen and oxygen atoms in total. The topological polar surface area (TPSA) is 211 Å². The Labute approximate surface area is 207 Å². The minimum atomic E-state index is -1.61. The fourth-order valence-corrected chi connectivity index (χ4v) is 3.24. The third kappa shape index (κ3) is 8.65. The van der Waals surface area contributed by atoms with E-state index in [0.29, 0.717) is 5.56 Å². The van der Waals surface area contributed by atoms with Crippen molar-refractivity contribution in [3.8, 4) is 5.75 Å². The molecule has 4 unspecified atom stereocenters. The van der Waals surface area contributed by atoms with E-state index in [2.05, 4.69) is 16.0 Å². The zero-order valence-electron chi connectivity index (χ0n) is 19.3. The van der Waals surface area contributed by atoms with E-state index in [0.717, 1.165) is 5.56 Å². The van der Waals surface area contributed by atoms with Crippen molar-refractivity contribution < 1.29 is 39.6 Å². The van der Waals surface area contributed by atoms with Crippen molar-refractivity contribution in [3.05, 3.63) is 65.7 Å². The number of carboxylic acids is 1. The lowest BCUT2D eigenvalue weighted by molar-refractivity contribution is -0.143. The molecule has 2 aromatic carbocycles. The second-order valence-corrected chi connectivity index (χ2v) is 8.05. The molecule has 2 aromatic rings. The number of carbonyl (C=O) groups is 4. The van der Waals surface area contributed by atoms with Gasteiger partial charge in [-0.25, -0.2) is 4.79 Å². The summed E-state index contributed by atoms with van der Waals surface area (Å²) >= 11 is 0. The molecule has 9 N–H and O–H groups in total. The average Bonchev–Trinajstić information content (AvgIpc) is 2.86. The van der Waals surface area contributed by atoms with Gasteiger partial charge in [0.2, 0.25) is 17.7 Å². The summed E-state index contributed by atoms with van der Waals surface area (Å²) in [5, 5.41) is 44.3. The number of nitrogens with one attached hydrogen (secondary N) is 3. The Balaban J connectivity index is 2.11. The molecule has 0 spiro atoms. The lowest BCUT2D eigenvalue weighted by Crippen LogP contribution is -2.59. The van der Waals surface area contributed by atoms with Gasteiger partial charge < -0.3 is 42.1 Å². The molecule has 0 aliphatic rings. The van der Waals surface area contributed by atoms with Crippen LogP contribution in [0.2, 0.25) is 0 Å². The van der Waals surface area contributed by atoms with Gasteiger partial charge in [0.05, 0.1) is 19.3 Å². The molecule has 0 heterocycles. The number of aliphatic carboxylic acids is 1. The summed E-state index contributed by atoms with van der Waals surface area (Å²) in [5.74, 6) is -4.02. The van der Waals surface area contributed by atoms with Crippen LogP contribution in [-0.4, -0.2) is 81.5 Å². The zero-order valence-corrected chi connectivity index (χ0v) is 19.3. The summed E-state index contributed by atoms with van der Waals surface area (Å²) < 4.78 is 0. The number of aliphatic hydroxyl groups is 2. The van der Waals surface area contributed by atoms with E-state index >= 15 is 0 Å². The number of benzene rings is 2. The number of hydrogen-bond acceptors (Lipinski definition) is 8. The maximum Gasteiger partial charge on any atom is 0.328 e. The van der Waals surface area contributed by atoms with Crippen LogP contribution in [0.3, 0.4) is 0 Å². The van der Waals surface area contributed by atoms with E-state index in [1.807, 2.05) is 6.07 Å². The minimum absolute atomic E-state index is 0.0232. The van der Waals surface area contributed by atoms with Crippen LogP contribution in [-0.2, 0) is 32.0 Å². The molecule has 36 heavy (non-hydrogen) atoms. The average molecular weight is 503 g/mol. The number of carbonyl (C=O) groups excluding carboxylic acids is 3. The second-order valence-electron chi connectivity index (χ2n) is 8.05. The zero-order chi connectivity index (χ0) is 26.7. The number of phenols is 1. The molecular weight excluding hydrogens is 472 g/mol. The highest BCUT2D eigenvalue weighted by Gasteiger charge is 2.30. The first-order valence-electron chi connectivity index (χ1n) is 11.1. The fourth-order valence-electron chi connectivity index (χ4n) is 3.24. The molecule has 194 valence electrons. The molecule has 0 bridgehead atoms. The maximum absolute atomic E-state index is 12.8. The molecule has 4 atom stereocenters. The van der Waals surface area contributed by atoms with Gasteiger partial charge in [0.1, 0.15) is 23.9 Å². The van der Waals surface area contributed by atoms with Crippen LogP contribution in [0.15, 0.2) is 54.6 Å². The van der Waals surface area contributed by atoms with Crippen molar-refractivity contribution in [3.63, 3.8) is 0 Å². The standard InChI is InChI=1S/C24H30N4O8/c25-17(10-14-4-2-1-3-5-14)21(32)27-19(12-29)23(34)26-18(11-15-6-8-16(31)9-7-15)22(33)28-20(13-30)24(35)36/h1-9,17-20,29-31H,10-13,25H2,(H,26,34)(H,27,32)(H,28,33)(H,35,36). The Hall–Kier alpha value is -4.00. The second kappa shape index (κ2) is 13.8. The smallest absolute Gasteiger partial charge is 0.328 e. The Morgan fingerprint density at radius 3 is 1.75 bits per heavy atom. The van der Waals surface area contributed by atoms with Crippen LogP contribution in [0.1, 0.15) is 11.1 Å². The quantitative estimate of drug-likeness (QED) is 0.152. The first-order valence-corrected chi connectivity index (χ1v) is 11.1. The third-order valence-electron chi connectivity index (χ3n) is 5.26. The summed E-state index contributed by atoms with van der Waals surface area (Å²) in [6, 6.07) is 9.28. The van der Waals surface area contributed by atoms with E-state index in [1.54, 1.807) is 24.3 Å². The van der Waals surface area contributed by atoms with Gasteiger partial charge in [-0.2, -0.15) is 0 Å². The molecular formula is C24H30N4O8. The SMILES string of the molecule is NC(Cc1ccccc1)C(=O)NC(CO)C(=O)NC(Cc1ccc(O)cc1)C(=O)NC(CO)C(=O)O. The highest BCUT2D eigenvalue weighted by Crippen LogP contribution is 2.12. The van der Waals surface area contributed by atoms with E-state index in [4.69, 9.17) is 10.8 Å². The molecule has 0 aromatic heterocycles. The molecule has 0 aliphatic carbocycles. The Morgan fingerprint density at radius 2 is 1.19 bits per heavy atom. The van der Waals surface area contributed by atoms with Crippen molar-refractivity contribution in [2.75, 3.05) is 13.2 Å². The molecule has 0 saturated carbocycles. The lowest BCUT2D eigenvalue weighted by atomic mass is 10.0. The molecule has 2 rings (SSSR count). The number of rotatable bonds is 13. The van der Waals surface area contributed by atoms with E-state index in [1.165, 1.54) is 24.3 Å².